The number of carboxylic acid groups (broad SMARTS) is 1. The van der Waals surface area contributed by atoms with Gasteiger partial charge < -0.3 is 20.5 Å². The molecule has 11 heteroatoms. The highest BCUT2D eigenvalue weighted by molar-refractivity contribution is 5.94. The van der Waals surface area contributed by atoms with Crippen LogP contribution in [0.15, 0.2) is 42.5 Å². The number of alkyl halides is 3. The lowest BCUT2D eigenvalue weighted by Crippen LogP contribution is -2.50. The first kappa shape index (κ1) is 27.0. The molecule has 1 fully saturated rings. The quantitative estimate of drug-likeness (QED) is 0.542. The van der Waals surface area contributed by atoms with Gasteiger partial charge in [-0.1, -0.05) is 30.3 Å². The van der Waals surface area contributed by atoms with Gasteiger partial charge in [0.1, 0.15) is 6.61 Å². The second kappa shape index (κ2) is 11.8. The highest BCUT2D eigenvalue weighted by Gasteiger charge is 2.38. The van der Waals surface area contributed by atoms with Crippen LogP contribution in [0.5, 0.6) is 5.75 Å². The molecule has 2 atom stereocenters. The van der Waals surface area contributed by atoms with Crippen molar-refractivity contribution in [2.75, 3.05) is 0 Å². The van der Waals surface area contributed by atoms with Crippen LogP contribution in [0.1, 0.15) is 42.6 Å². The molecule has 2 aromatic carbocycles. The number of benzene rings is 2. The number of hydrogen-bond acceptors (Lipinski definition) is 4. The normalized spacial score (nSPS) is 20.0. The first-order chi connectivity index (χ1) is 15.9. The van der Waals surface area contributed by atoms with Gasteiger partial charge in [-0.05, 0) is 44.4 Å². The van der Waals surface area contributed by atoms with E-state index in [9.17, 15) is 26.7 Å². The summed E-state index contributed by atoms with van der Waals surface area (Å²) < 4.78 is 65.7. The second-order valence-corrected chi connectivity index (χ2v) is 7.96. The summed E-state index contributed by atoms with van der Waals surface area (Å²) in [4.78, 5) is 21.3. The first-order valence-corrected chi connectivity index (χ1v) is 10.4. The van der Waals surface area contributed by atoms with Crippen molar-refractivity contribution in [3.05, 3.63) is 65.2 Å². The topological polar surface area (TPSA) is 87.7 Å². The Balaban J connectivity index is 0.000000509. The Morgan fingerprint density at radius 3 is 2.03 bits per heavy atom. The van der Waals surface area contributed by atoms with E-state index < -0.39 is 35.4 Å². The van der Waals surface area contributed by atoms with Crippen molar-refractivity contribution in [3.63, 3.8) is 0 Å². The second-order valence-electron chi connectivity index (χ2n) is 7.96. The monoisotopic (exact) mass is 488 g/mol. The van der Waals surface area contributed by atoms with Gasteiger partial charge >= 0.3 is 12.1 Å². The number of rotatable bonds is 5. The van der Waals surface area contributed by atoms with Crippen LogP contribution < -0.4 is 15.4 Å². The van der Waals surface area contributed by atoms with Gasteiger partial charge in [0.2, 0.25) is 0 Å². The minimum atomic E-state index is -5.08. The van der Waals surface area contributed by atoms with Crippen molar-refractivity contribution >= 4 is 11.9 Å². The fraction of sp³-hybridized carbons (Fsp3) is 0.391. The molecule has 34 heavy (non-hydrogen) atoms. The summed E-state index contributed by atoms with van der Waals surface area (Å²) in [5.74, 6) is -5.48. The van der Waals surface area contributed by atoms with E-state index in [-0.39, 0.29) is 30.3 Å². The molecule has 3 N–H and O–H groups in total. The molecule has 0 bridgehead atoms. The molecule has 1 amide bonds. The zero-order chi connectivity index (χ0) is 25.5. The van der Waals surface area contributed by atoms with Gasteiger partial charge in [-0.15, -0.1) is 0 Å². The summed E-state index contributed by atoms with van der Waals surface area (Å²) in [6.07, 6.45) is -3.53. The maximum absolute atomic E-state index is 14.3. The van der Waals surface area contributed by atoms with Crippen LogP contribution in [0.2, 0.25) is 0 Å². The van der Waals surface area contributed by atoms with E-state index in [0.717, 1.165) is 30.5 Å². The average Bonchev–Trinajstić information content (AvgIpc) is 2.72. The molecular formula is C23H25F5N2O4. The number of nitrogens with one attached hydrogen (secondary N) is 2. The first-order valence-electron chi connectivity index (χ1n) is 10.4. The van der Waals surface area contributed by atoms with Crippen LogP contribution in [0.3, 0.4) is 0 Å². The summed E-state index contributed by atoms with van der Waals surface area (Å²) in [6, 6.07) is 11.7. The van der Waals surface area contributed by atoms with E-state index >= 15 is 0 Å². The lowest BCUT2D eigenvalue weighted by molar-refractivity contribution is -0.192. The number of hydrogen-bond donors (Lipinski definition) is 3. The van der Waals surface area contributed by atoms with Gasteiger partial charge in [0.05, 0.1) is 0 Å². The Hall–Kier alpha value is -3.21. The van der Waals surface area contributed by atoms with E-state index in [0.29, 0.717) is 0 Å². The third kappa shape index (κ3) is 8.29. The molecule has 186 valence electrons. The number of carboxylic acids is 1. The number of halogens is 5. The maximum atomic E-state index is 14.3. The van der Waals surface area contributed by atoms with Gasteiger partial charge in [0.25, 0.3) is 5.91 Å². The fourth-order valence-corrected chi connectivity index (χ4v) is 3.52. The SMILES string of the molecule is CC1CC(NC(=O)c2cc(F)c(OCc3ccccc3)c(F)c2)CC(C)N1.O=C(O)C(F)(F)F. The third-order valence-corrected chi connectivity index (χ3v) is 4.91. The van der Waals surface area contributed by atoms with E-state index in [1.54, 1.807) is 12.1 Å². The number of ether oxygens (including phenoxy) is 1. The van der Waals surface area contributed by atoms with Crippen LogP contribution in [-0.2, 0) is 11.4 Å². The third-order valence-electron chi connectivity index (χ3n) is 4.91. The molecule has 3 rings (SSSR count). The number of amides is 1. The minimum Gasteiger partial charge on any atom is -0.483 e. The number of aliphatic carboxylic acids is 1. The van der Waals surface area contributed by atoms with Crippen molar-refractivity contribution in [2.45, 2.75) is 57.6 Å². The fourth-order valence-electron chi connectivity index (χ4n) is 3.52. The average molecular weight is 488 g/mol. The van der Waals surface area contributed by atoms with E-state index in [4.69, 9.17) is 14.6 Å². The van der Waals surface area contributed by atoms with Crippen LogP contribution in [0.4, 0.5) is 22.0 Å². The molecule has 2 unspecified atom stereocenters. The molecule has 0 aliphatic carbocycles. The molecule has 1 heterocycles. The summed E-state index contributed by atoms with van der Waals surface area (Å²) in [5, 5.41) is 13.4. The smallest absolute Gasteiger partial charge is 0.483 e. The summed E-state index contributed by atoms with van der Waals surface area (Å²) in [5.41, 5.74) is 0.753. The molecule has 0 radical (unpaired) electrons. The van der Waals surface area contributed by atoms with Crippen molar-refractivity contribution in [1.29, 1.82) is 0 Å². The molecule has 1 aliphatic heterocycles. The van der Waals surface area contributed by atoms with E-state index in [2.05, 4.69) is 10.6 Å². The van der Waals surface area contributed by atoms with Crippen LogP contribution >= 0.6 is 0 Å². The van der Waals surface area contributed by atoms with Gasteiger partial charge in [-0.3, -0.25) is 4.79 Å². The van der Waals surface area contributed by atoms with E-state index in [1.807, 2.05) is 32.0 Å². The Bertz CT molecular complexity index is 952. The van der Waals surface area contributed by atoms with Crippen molar-refractivity contribution < 1.29 is 41.4 Å². The van der Waals surface area contributed by atoms with Crippen LogP contribution in [-0.4, -0.2) is 41.3 Å². The predicted molar refractivity (Wildman–Crippen MR) is 113 cm³/mol. The molecule has 6 nitrogen and oxygen atoms in total. The maximum Gasteiger partial charge on any atom is 0.490 e. The lowest BCUT2D eigenvalue weighted by atomic mass is 9.95. The molecular weight excluding hydrogens is 463 g/mol. The van der Waals surface area contributed by atoms with E-state index in [1.165, 1.54) is 0 Å². The van der Waals surface area contributed by atoms with Gasteiger partial charge in [0, 0.05) is 23.7 Å². The molecule has 0 aromatic heterocycles. The van der Waals surface area contributed by atoms with Crippen molar-refractivity contribution in [3.8, 4) is 5.75 Å². The van der Waals surface area contributed by atoms with Crippen LogP contribution in [0, 0.1) is 11.6 Å². The summed E-state index contributed by atoms with van der Waals surface area (Å²) in [7, 11) is 0. The molecule has 0 spiro atoms. The number of carbonyl (C=O) groups is 2. The van der Waals surface area contributed by atoms with Gasteiger partial charge in [-0.25, -0.2) is 13.6 Å². The Morgan fingerprint density at radius 2 is 1.56 bits per heavy atom. The van der Waals surface area contributed by atoms with Crippen molar-refractivity contribution in [2.24, 2.45) is 0 Å². The van der Waals surface area contributed by atoms with Crippen LogP contribution in [0.25, 0.3) is 0 Å². The molecule has 1 aliphatic rings. The Kier molecular flexibility index (Phi) is 9.36. The Morgan fingerprint density at radius 1 is 1.06 bits per heavy atom. The van der Waals surface area contributed by atoms with Crippen molar-refractivity contribution in [1.82, 2.24) is 10.6 Å². The molecule has 2 aromatic rings. The zero-order valence-electron chi connectivity index (χ0n) is 18.5. The zero-order valence-corrected chi connectivity index (χ0v) is 18.5. The molecule has 1 saturated heterocycles. The lowest BCUT2D eigenvalue weighted by Gasteiger charge is -2.33. The highest BCUT2D eigenvalue weighted by atomic mass is 19.4. The highest BCUT2D eigenvalue weighted by Crippen LogP contribution is 2.25. The molecule has 0 saturated carbocycles. The van der Waals surface area contributed by atoms with Gasteiger partial charge in [-0.2, -0.15) is 13.2 Å². The predicted octanol–water partition coefficient (Wildman–Crippen LogP) is 4.44. The number of piperidine rings is 1. The largest absolute Gasteiger partial charge is 0.490 e. The summed E-state index contributed by atoms with van der Waals surface area (Å²) in [6.45, 7) is 4.14. The van der Waals surface area contributed by atoms with Gasteiger partial charge in [0.15, 0.2) is 17.4 Å². The minimum absolute atomic E-state index is 0.0242. The standard InChI is InChI=1S/C21H24F2N2O2.C2HF3O2/c1-13-8-17(9-14(2)24-13)25-21(26)16-10-18(22)20(19(23)11-16)27-12-15-6-4-3-5-7-15;3-2(4,5)1(6)7/h3-7,10-11,13-14,17,24H,8-9,12H2,1-2H3,(H,25,26);(H,6,7). The Labute approximate surface area is 193 Å². The summed E-state index contributed by atoms with van der Waals surface area (Å²) >= 11 is 0. The number of carbonyl (C=O) groups excluding carboxylic acids is 1.